The summed E-state index contributed by atoms with van der Waals surface area (Å²) in [7, 11) is 0. The molecule has 0 amide bonds. The van der Waals surface area contributed by atoms with E-state index in [9.17, 15) is 4.79 Å². The molecular formula is C15H18N2O2. The Hall–Kier alpha value is -1.86. The fourth-order valence-corrected chi connectivity index (χ4v) is 2.64. The summed E-state index contributed by atoms with van der Waals surface area (Å²) in [5.41, 5.74) is 1.72. The molecule has 2 unspecified atom stereocenters. The SMILES string of the molecule is CC(c1cccc(C#N)c1)N1CCCC(C(=O)O)C1. The number of rotatable bonds is 3. The number of hydrogen-bond acceptors (Lipinski definition) is 3. The highest BCUT2D eigenvalue weighted by atomic mass is 16.4. The maximum atomic E-state index is 11.1. The Bertz CT molecular complexity index is 507. The molecule has 0 radical (unpaired) electrons. The van der Waals surface area contributed by atoms with Gasteiger partial charge in [-0.25, -0.2) is 0 Å². The molecule has 0 spiro atoms. The molecule has 1 aliphatic rings. The zero-order valence-corrected chi connectivity index (χ0v) is 11.0. The van der Waals surface area contributed by atoms with Crippen molar-refractivity contribution < 1.29 is 9.90 Å². The largest absolute Gasteiger partial charge is 0.481 e. The van der Waals surface area contributed by atoms with Crippen molar-refractivity contribution in [2.75, 3.05) is 13.1 Å². The number of benzene rings is 1. The number of nitriles is 1. The second-order valence-corrected chi connectivity index (χ2v) is 5.09. The first-order valence-electron chi connectivity index (χ1n) is 6.58. The van der Waals surface area contributed by atoms with E-state index in [2.05, 4.69) is 17.9 Å². The molecule has 0 aliphatic carbocycles. The number of hydrogen-bond donors (Lipinski definition) is 1. The minimum absolute atomic E-state index is 0.149. The van der Waals surface area contributed by atoms with Gasteiger partial charge >= 0.3 is 5.97 Å². The maximum absolute atomic E-state index is 11.1. The summed E-state index contributed by atoms with van der Waals surface area (Å²) in [6.45, 7) is 3.58. The van der Waals surface area contributed by atoms with E-state index in [1.165, 1.54) is 0 Å². The predicted octanol–water partition coefficient (Wildman–Crippen LogP) is 2.42. The van der Waals surface area contributed by atoms with Crippen LogP contribution in [-0.4, -0.2) is 29.1 Å². The second kappa shape index (κ2) is 5.85. The fourth-order valence-electron chi connectivity index (χ4n) is 2.64. The van der Waals surface area contributed by atoms with Gasteiger partial charge in [0.1, 0.15) is 0 Å². The molecule has 4 heteroatoms. The minimum atomic E-state index is -0.706. The predicted molar refractivity (Wildman–Crippen MR) is 71.5 cm³/mol. The van der Waals surface area contributed by atoms with Crippen LogP contribution in [0.4, 0.5) is 0 Å². The van der Waals surface area contributed by atoms with Crippen molar-refractivity contribution in [2.45, 2.75) is 25.8 Å². The highest BCUT2D eigenvalue weighted by Crippen LogP contribution is 2.27. The molecule has 1 aliphatic heterocycles. The number of piperidine rings is 1. The first-order valence-corrected chi connectivity index (χ1v) is 6.58. The molecule has 1 N–H and O–H groups in total. The van der Waals surface area contributed by atoms with E-state index >= 15 is 0 Å². The number of nitrogens with zero attached hydrogens (tertiary/aromatic N) is 2. The number of carbonyl (C=O) groups is 1. The summed E-state index contributed by atoms with van der Waals surface area (Å²) in [5, 5.41) is 18.0. The Morgan fingerprint density at radius 2 is 2.37 bits per heavy atom. The number of carboxylic acids is 1. The quantitative estimate of drug-likeness (QED) is 0.904. The van der Waals surface area contributed by atoms with E-state index in [1.807, 2.05) is 18.2 Å². The molecule has 2 rings (SSSR count). The van der Waals surface area contributed by atoms with Crippen molar-refractivity contribution >= 4 is 5.97 Å². The number of aliphatic carboxylic acids is 1. The lowest BCUT2D eigenvalue weighted by molar-refractivity contribution is -0.143. The number of likely N-dealkylation sites (tertiary alicyclic amines) is 1. The third-order valence-corrected chi connectivity index (χ3v) is 3.85. The van der Waals surface area contributed by atoms with Crippen molar-refractivity contribution in [1.29, 1.82) is 5.26 Å². The molecule has 0 saturated carbocycles. The third-order valence-electron chi connectivity index (χ3n) is 3.85. The first-order chi connectivity index (χ1) is 9.11. The highest BCUT2D eigenvalue weighted by molar-refractivity contribution is 5.70. The van der Waals surface area contributed by atoms with E-state index in [1.54, 1.807) is 6.07 Å². The molecule has 1 aromatic rings. The molecule has 1 saturated heterocycles. The van der Waals surface area contributed by atoms with Crippen molar-refractivity contribution in [1.82, 2.24) is 4.90 Å². The fraction of sp³-hybridized carbons (Fsp3) is 0.467. The van der Waals surface area contributed by atoms with Crippen LogP contribution in [-0.2, 0) is 4.79 Å². The average molecular weight is 258 g/mol. The molecule has 1 heterocycles. The van der Waals surface area contributed by atoms with Crippen LogP contribution in [0, 0.1) is 17.2 Å². The first kappa shape index (κ1) is 13.6. The standard InChI is InChI=1S/C15H18N2O2/c1-11(13-5-2-4-12(8-13)9-16)17-7-3-6-14(10-17)15(18)19/h2,4-5,8,11,14H,3,6-7,10H2,1H3,(H,18,19). The molecular weight excluding hydrogens is 240 g/mol. The molecule has 1 aromatic carbocycles. The Labute approximate surface area is 113 Å². The minimum Gasteiger partial charge on any atom is -0.481 e. The van der Waals surface area contributed by atoms with Gasteiger partial charge in [0.2, 0.25) is 0 Å². The summed E-state index contributed by atoms with van der Waals surface area (Å²) in [5.74, 6) is -0.974. The van der Waals surface area contributed by atoms with Crippen LogP contribution in [0.3, 0.4) is 0 Å². The van der Waals surface area contributed by atoms with Gasteiger partial charge in [0.15, 0.2) is 0 Å². The average Bonchev–Trinajstić information content (AvgIpc) is 2.46. The van der Waals surface area contributed by atoms with Crippen LogP contribution >= 0.6 is 0 Å². The van der Waals surface area contributed by atoms with Crippen LogP contribution < -0.4 is 0 Å². The Morgan fingerprint density at radius 3 is 3.05 bits per heavy atom. The third kappa shape index (κ3) is 3.12. The Kier molecular flexibility index (Phi) is 4.18. The summed E-state index contributed by atoms with van der Waals surface area (Å²) in [6, 6.07) is 9.83. The zero-order valence-electron chi connectivity index (χ0n) is 11.0. The Morgan fingerprint density at radius 1 is 1.58 bits per heavy atom. The van der Waals surface area contributed by atoms with Gasteiger partial charge in [-0.1, -0.05) is 12.1 Å². The van der Waals surface area contributed by atoms with E-state index in [0.717, 1.165) is 24.9 Å². The van der Waals surface area contributed by atoms with Gasteiger partial charge in [-0.15, -0.1) is 0 Å². The van der Waals surface area contributed by atoms with Crippen molar-refractivity contribution in [3.8, 4) is 6.07 Å². The van der Waals surface area contributed by atoms with E-state index < -0.39 is 5.97 Å². The van der Waals surface area contributed by atoms with Gasteiger partial charge in [-0.3, -0.25) is 9.69 Å². The molecule has 4 nitrogen and oxygen atoms in total. The molecule has 100 valence electrons. The molecule has 19 heavy (non-hydrogen) atoms. The van der Waals surface area contributed by atoms with Gasteiger partial charge in [0.05, 0.1) is 17.6 Å². The molecule has 0 aromatic heterocycles. The summed E-state index contributed by atoms with van der Waals surface area (Å²) >= 11 is 0. The van der Waals surface area contributed by atoms with Crippen molar-refractivity contribution in [2.24, 2.45) is 5.92 Å². The normalized spacial score (nSPS) is 21.6. The van der Waals surface area contributed by atoms with E-state index in [0.29, 0.717) is 12.1 Å². The van der Waals surface area contributed by atoms with Gasteiger partial charge in [0.25, 0.3) is 0 Å². The van der Waals surface area contributed by atoms with E-state index in [-0.39, 0.29) is 12.0 Å². The second-order valence-electron chi connectivity index (χ2n) is 5.09. The van der Waals surface area contributed by atoms with Crippen molar-refractivity contribution in [3.63, 3.8) is 0 Å². The van der Waals surface area contributed by atoms with Crippen LogP contribution in [0.1, 0.15) is 36.9 Å². The summed E-state index contributed by atoms with van der Waals surface area (Å²) in [4.78, 5) is 13.3. The monoisotopic (exact) mass is 258 g/mol. The number of carboxylic acid groups (broad SMARTS) is 1. The maximum Gasteiger partial charge on any atom is 0.307 e. The van der Waals surface area contributed by atoms with Crippen LogP contribution in [0.5, 0.6) is 0 Å². The van der Waals surface area contributed by atoms with Gasteiger partial charge < -0.3 is 5.11 Å². The lowest BCUT2D eigenvalue weighted by atomic mass is 9.95. The lowest BCUT2D eigenvalue weighted by Gasteiger charge is -2.35. The lowest BCUT2D eigenvalue weighted by Crippen LogP contribution is -2.40. The molecule has 2 atom stereocenters. The molecule has 0 bridgehead atoms. The summed E-state index contributed by atoms with van der Waals surface area (Å²) in [6.07, 6.45) is 1.68. The highest BCUT2D eigenvalue weighted by Gasteiger charge is 2.28. The van der Waals surface area contributed by atoms with Crippen LogP contribution in [0.15, 0.2) is 24.3 Å². The van der Waals surface area contributed by atoms with Crippen LogP contribution in [0.25, 0.3) is 0 Å². The molecule has 1 fully saturated rings. The smallest absolute Gasteiger partial charge is 0.307 e. The summed E-state index contributed by atoms with van der Waals surface area (Å²) < 4.78 is 0. The van der Waals surface area contributed by atoms with Crippen molar-refractivity contribution in [3.05, 3.63) is 35.4 Å². The Balaban J connectivity index is 2.12. The van der Waals surface area contributed by atoms with Gasteiger partial charge in [-0.05, 0) is 44.0 Å². The topological polar surface area (TPSA) is 64.3 Å². The zero-order chi connectivity index (χ0) is 13.8. The van der Waals surface area contributed by atoms with Crippen LogP contribution in [0.2, 0.25) is 0 Å². The van der Waals surface area contributed by atoms with Gasteiger partial charge in [-0.2, -0.15) is 5.26 Å². The van der Waals surface area contributed by atoms with Gasteiger partial charge in [0, 0.05) is 12.6 Å². The van der Waals surface area contributed by atoms with E-state index in [4.69, 9.17) is 10.4 Å².